The minimum Gasteiger partial charge on any atom is -0.379 e. The second kappa shape index (κ2) is 8.99. The molecule has 0 unspecified atom stereocenters. The van der Waals surface area contributed by atoms with Gasteiger partial charge in [-0.05, 0) is 29.5 Å². The van der Waals surface area contributed by atoms with Gasteiger partial charge in [0.15, 0.2) is 0 Å². The van der Waals surface area contributed by atoms with E-state index in [-0.39, 0.29) is 5.91 Å². The van der Waals surface area contributed by atoms with Gasteiger partial charge >= 0.3 is 0 Å². The van der Waals surface area contributed by atoms with Crippen LogP contribution in [0.4, 0.5) is 0 Å². The molecular weight excluding hydrogens is 334 g/mol. The Hall–Kier alpha value is -1.89. The summed E-state index contributed by atoms with van der Waals surface area (Å²) in [5, 5.41) is 3.78. The van der Waals surface area contributed by atoms with Gasteiger partial charge in [0.25, 0.3) is 5.91 Å². The number of benzene rings is 1. The summed E-state index contributed by atoms with van der Waals surface area (Å²) in [6, 6.07) is 11.9. The number of nitrogens with one attached hydrogen (secondary N) is 1. The third-order valence-electron chi connectivity index (χ3n) is 4.26. The summed E-state index contributed by atoms with van der Waals surface area (Å²) in [6.45, 7) is 4.89. The van der Waals surface area contributed by atoms with Gasteiger partial charge in [-0.3, -0.25) is 9.69 Å². The fraction of sp³-hybridized carbons (Fsp3) is 0.368. The van der Waals surface area contributed by atoms with Crippen molar-refractivity contribution in [3.8, 4) is 0 Å². The average Bonchev–Trinajstić information content (AvgIpc) is 2.68. The Bertz CT molecular complexity index is 717. The molecule has 0 spiro atoms. The minimum absolute atomic E-state index is 0.0846. The molecule has 2 heterocycles. The molecule has 5 nitrogen and oxygen atoms in total. The molecule has 0 saturated carbocycles. The van der Waals surface area contributed by atoms with Crippen molar-refractivity contribution in [1.29, 1.82) is 0 Å². The highest BCUT2D eigenvalue weighted by Gasteiger charge is 2.14. The summed E-state index contributed by atoms with van der Waals surface area (Å²) in [6.07, 6.45) is 3.64. The molecule has 1 N–H and O–H groups in total. The van der Waals surface area contributed by atoms with Gasteiger partial charge in [0, 0.05) is 32.4 Å². The molecule has 0 atom stereocenters. The van der Waals surface area contributed by atoms with E-state index in [0.29, 0.717) is 12.1 Å². The number of thioether (sulfide) groups is 1. The van der Waals surface area contributed by atoms with Crippen LogP contribution in [0.15, 0.2) is 47.6 Å². The summed E-state index contributed by atoms with van der Waals surface area (Å²) in [5.74, 6) is -0.0846. The molecule has 1 fully saturated rings. The predicted molar refractivity (Wildman–Crippen MR) is 99.7 cm³/mol. The Morgan fingerprint density at radius 2 is 1.96 bits per heavy atom. The van der Waals surface area contributed by atoms with Gasteiger partial charge in [-0.15, -0.1) is 11.8 Å². The summed E-state index contributed by atoms with van der Waals surface area (Å²) >= 11 is 1.48. The molecule has 2 aromatic rings. The topological polar surface area (TPSA) is 54.5 Å². The van der Waals surface area contributed by atoms with Crippen molar-refractivity contribution < 1.29 is 9.53 Å². The molecule has 1 saturated heterocycles. The van der Waals surface area contributed by atoms with Gasteiger partial charge in [-0.2, -0.15) is 0 Å². The van der Waals surface area contributed by atoms with Crippen molar-refractivity contribution in [2.24, 2.45) is 0 Å². The van der Waals surface area contributed by atoms with E-state index in [1.807, 2.05) is 24.5 Å². The first kappa shape index (κ1) is 17.9. The maximum absolute atomic E-state index is 12.5. The Balaban J connectivity index is 1.65. The smallest absolute Gasteiger partial charge is 0.254 e. The number of hydrogen-bond donors (Lipinski definition) is 1. The van der Waals surface area contributed by atoms with Crippen LogP contribution < -0.4 is 5.32 Å². The molecule has 25 heavy (non-hydrogen) atoms. The van der Waals surface area contributed by atoms with Gasteiger partial charge in [0.1, 0.15) is 5.03 Å². The quantitative estimate of drug-likeness (QED) is 0.806. The first-order chi connectivity index (χ1) is 12.3. The highest BCUT2D eigenvalue weighted by molar-refractivity contribution is 7.98. The van der Waals surface area contributed by atoms with E-state index in [1.165, 1.54) is 17.3 Å². The molecule has 0 radical (unpaired) electrons. The van der Waals surface area contributed by atoms with Crippen molar-refractivity contribution in [2.75, 3.05) is 32.6 Å². The number of hydrogen-bond acceptors (Lipinski definition) is 5. The largest absolute Gasteiger partial charge is 0.379 e. The van der Waals surface area contributed by atoms with Crippen LogP contribution in [0.2, 0.25) is 0 Å². The van der Waals surface area contributed by atoms with Crippen LogP contribution >= 0.6 is 11.8 Å². The van der Waals surface area contributed by atoms with Crippen LogP contribution in [-0.2, 0) is 17.8 Å². The lowest BCUT2D eigenvalue weighted by molar-refractivity contribution is 0.0340. The zero-order chi connectivity index (χ0) is 17.5. The van der Waals surface area contributed by atoms with Crippen molar-refractivity contribution >= 4 is 17.7 Å². The third kappa shape index (κ3) is 4.81. The summed E-state index contributed by atoms with van der Waals surface area (Å²) in [4.78, 5) is 19.1. The maximum Gasteiger partial charge on any atom is 0.254 e. The number of amides is 1. The van der Waals surface area contributed by atoms with E-state index >= 15 is 0 Å². The second-order valence-electron chi connectivity index (χ2n) is 5.90. The zero-order valence-electron chi connectivity index (χ0n) is 14.4. The van der Waals surface area contributed by atoms with Crippen LogP contribution in [0, 0.1) is 0 Å². The lowest BCUT2D eigenvalue weighted by atomic mass is 10.1. The van der Waals surface area contributed by atoms with Gasteiger partial charge in [0.2, 0.25) is 0 Å². The highest BCUT2D eigenvalue weighted by atomic mass is 32.2. The number of rotatable bonds is 6. The number of pyridine rings is 1. The van der Waals surface area contributed by atoms with Crippen LogP contribution in [0.25, 0.3) is 0 Å². The zero-order valence-corrected chi connectivity index (χ0v) is 15.2. The van der Waals surface area contributed by atoms with Crippen LogP contribution in [-0.4, -0.2) is 48.4 Å². The molecule has 6 heteroatoms. The Kier molecular flexibility index (Phi) is 6.44. The van der Waals surface area contributed by atoms with Gasteiger partial charge in [0.05, 0.1) is 18.8 Å². The van der Waals surface area contributed by atoms with Crippen molar-refractivity contribution in [2.45, 2.75) is 18.1 Å². The number of carbonyl (C=O) groups excluding carboxylic acids is 1. The Morgan fingerprint density at radius 3 is 2.72 bits per heavy atom. The summed E-state index contributed by atoms with van der Waals surface area (Å²) in [5.41, 5.74) is 3.03. The van der Waals surface area contributed by atoms with E-state index in [0.717, 1.165) is 43.4 Å². The van der Waals surface area contributed by atoms with Gasteiger partial charge in [-0.25, -0.2) is 4.98 Å². The number of nitrogens with zero attached hydrogens (tertiary/aromatic N) is 2. The molecule has 1 aromatic heterocycles. The predicted octanol–water partition coefficient (Wildman–Crippen LogP) is 2.57. The first-order valence-corrected chi connectivity index (χ1v) is 9.64. The maximum atomic E-state index is 12.5. The molecule has 3 rings (SSSR count). The van der Waals surface area contributed by atoms with E-state index in [9.17, 15) is 4.79 Å². The number of ether oxygens (including phenoxy) is 1. The van der Waals surface area contributed by atoms with Crippen LogP contribution in [0.1, 0.15) is 21.5 Å². The Morgan fingerprint density at radius 1 is 1.20 bits per heavy atom. The van der Waals surface area contributed by atoms with Crippen molar-refractivity contribution in [3.63, 3.8) is 0 Å². The number of carbonyl (C=O) groups is 1. The fourth-order valence-corrected chi connectivity index (χ4v) is 3.43. The highest BCUT2D eigenvalue weighted by Crippen LogP contribution is 2.17. The molecule has 132 valence electrons. The number of aromatic nitrogens is 1. The molecule has 1 amide bonds. The first-order valence-electron chi connectivity index (χ1n) is 8.42. The average molecular weight is 357 g/mol. The van der Waals surface area contributed by atoms with E-state index in [2.05, 4.69) is 27.3 Å². The van der Waals surface area contributed by atoms with E-state index < -0.39 is 0 Å². The molecular formula is C19H23N3O2S. The normalized spacial score (nSPS) is 15.1. The van der Waals surface area contributed by atoms with E-state index in [4.69, 9.17) is 4.74 Å². The van der Waals surface area contributed by atoms with Gasteiger partial charge < -0.3 is 10.1 Å². The van der Waals surface area contributed by atoms with Crippen molar-refractivity contribution in [3.05, 3.63) is 59.3 Å². The van der Waals surface area contributed by atoms with Crippen LogP contribution in [0.3, 0.4) is 0 Å². The monoisotopic (exact) mass is 357 g/mol. The van der Waals surface area contributed by atoms with Gasteiger partial charge in [-0.1, -0.05) is 24.3 Å². The van der Waals surface area contributed by atoms with Crippen LogP contribution in [0.5, 0.6) is 0 Å². The summed E-state index contributed by atoms with van der Waals surface area (Å²) < 4.78 is 5.41. The second-order valence-corrected chi connectivity index (χ2v) is 6.70. The fourth-order valence-electron chi connectivity index (χ4n) is 2.88. The van der Waals surface area contributed by atoms with E-state index in [1.54, 1.807) is 12.3 Å². The molecule has 0 aliphatic carbocycles. The minimum atomic E-state index is -0.0846. The molecule has 1 aliphatic rings. The number of morpholine rings is 1. The molecule has 1 aliphatic heterocycles. The lowest BCUT2D eigenvalue weighted by Gasteiger charge is -2.27. The molecule has 1 aromatic carbocycles. The Labute approximate surface area is 152 Å². The third-order valence-corrected chi connectivity index (χ3v) is 4.98. The molecule has 0 bridgehead atoms. The van der Waals surface area contributed by atoms with Crippen molar-refractivity contribution in [1.82, 2.24) is 15.2 Å². The lowest BCUT2D eigenvalue weighted by Crippen LogP contribution is -2.36. The standard InChI is InChI=1S/C19H23N3O2S/c1-25-19-17(7-4-8-20-19)18(23)21-13-15-5-2-3-6-16(15)14-22-9-11-24-12-10-22/h2-8H,9-14H2,1H3,(H,21,23). The summed E-state index contributed by atoms with van der Waals surface area (Å²) in [7, 11) is 0. The SMILES string of the molecule is CSc1ncccc1C(=O)NCc1ccccc1CN1CCOCC1.